The minimum Gasteiger partial charge on any atom is -0.473 e. The number of carboxylic acid groups (broad SMARTS) is 2. The summed E-state index contributed by atoms with van der Waals surface area (Å²) in [6, 6.07) is 4.78. The van der Waals surface area contributed by atoms with Gasteiger partial charge in [0.15, 0.2) is 0 Å². The van der Waals surface area contributed by atoms with Crippen molar-refractivity contribution >= 4 is 23.5 Å². The molecule has 1 fully saturated rings. The Morgan fingerprint density at radius 3 is 2.44 bits per heavy atom. The van der Waals surface area contributed by atoms with Gasteiger partial charge in [-0.3, -0.25) is 4.90 Å². The average Bonchev–Trinajstić information content (AvgIpc) is 2.58. The van der Waals surface area contributed by atoms with Gasteiger partial charge >= 0.3 is 11.9 Å². The van der Waals surface area contributed by atoms with E-state index < -0.39 is 11.9 Å². The van der Waals surface area contributed by atoms with Crippen LogP contribution in [0.1, 0.15) is 12.0 Å². The van der Waals surface area contributed by atoms with Crippen LogP contribution >= 0.6 is 11.6 Å². The Labute approximate surface area is 150 Å². The molecule has 0 unspecified atom stereocenters. The van der Waals surface area contributed by atoms with Crippen LogP contribution in [0.5, 0.6) is 0 Å². The molecule has 25 heavy (non-hydrogen) atoms. The van der Waals surface area contributed by atoms with Gasteiger partial charge in [0.2, 0.25) is 0 Å². The minimum absolute atomic E-state index is 0.242. The van der Waals surface area contributed by atoms with Crippen LogP contribution < -0.4 is 5.32 Å². The number of halogens is 2. The molecule has 2 rings (SSSR count). The summed E-state index contributed by atoms with van der Waals surface area (Å²) in [7, 11) is 0. The first-order valence-electron chi connectivity index (χ1n) is 7.81. The largest absolute Gasteiger partial charge is 0.473 e. The van der Waals surface area contributed by atoms with Gasteiger partial charge in [0.1, 0.15) is 5.82 Å². The lowest BCUT2D eigenvalue weighted by molar-refractivity contribution is -0.159. The maximum Gasteiger partial charge on any atom is 0.414 e. The summed E-state index contributed by atoms with van der Waals surface area (Å²) < 4.78 is 18.8. The Bertz CT molecular complexity index is 535. The maximum absolute atomic E-state index is 13.5. The van der Waals surface area contributed by atoms with Crippen LogP contribution in [0.2, 0.25) is 5.02 Å². The molecular weight excluding hydrogens is 355 g/mol. The van der Waals surface area contributed by atoms with E-state index in [4.69, 9.17) is 36.1 Å². The van der Waals surface area contributed by atoms with Gasteiger partial charge in [-0.1, -0.05) is 17.7 Å². The Morgan fingerprint density at radius 2 is 1.88 bits per heavy atom. The SMILES string of the molecule is Fc1cccc(Cl)c1CNCCCN1CCOCC1.O=C(O)C(=O)O. The highest BCUT2D eigenvalue weighted by molar-refractivity contribution is 6.31. The van der Waals surface area contributed by atoms with Gasteiger partial charge in [-0.05, 0) is 31.6 Å². The fourth-order valence-corrected chi connectivity index (χ4v) is 2.40. The van der Waals surface area contributed by atoms with E-state index in [9.17, 15) is 4.39 Å². The summed E-state index contributed by atoms with van der Waals surface area (Å²) in [6.07, 6.45) is 1.05. The Morgan fingerprint density at radius 1 is 1.24 bits per heavy atom. The number of hydrogen-bond donors (Lipinski definition) is 3. The van der Waals surface area contributed by atoms with E-state index in [-0.39, 0.29) is 5.82 Å². The van der Waals surface area contributed by atoms with Crippen LogP contribution in [0.3, 0.4) is 0 Å². The van der Waals surface area contributed by atoms with Crippen LogP contribution in [0, 0.1) is 5.82 Å². The van der Waals surface area contributed by atoms with Crippen LogP contribution in [0.15, 0.2) is 18.2 Å². The topological polar surface area (TPSA) is 99.1 Å². The van der Waals surface area contributed by atoms with E-state index in [1.807, 2.05) is 0 Å². The molecule has 1 aliphatic heterocycles. The van der Waals surface area contributed by atoms with Gasteiger partial charge in [0.05, 0.1) is 13.2 Å². The van der Waals surface area contributed by atoms with Crippen molar-refractivity contribution in [3.63, 3.8) is 0 Å². The van der Waals surface area contributed by atoms with Gasteiger partial charge < -0.3 is 20.3 Å². The lowest BCUT2D eigenvalue weighted by Crippen LogP contribution is -2.37. The first-order chi connectivity index (χ1) is 11.9. The molecule has 0 radical (unpaired) electrons. The fraction of sp³-hybridized carbons (Fsp3) is 0.500. The summed E-state index contributed by atoms with van der Waals surface area (Å²) in [4.78, 5) is 20.6. The molecule has 140 valence electrons. The molecule has 1 aliphatic rings. The zero-order valence-corrected chi connectivity index (χ0v) is 14.5. The summed E-state index contributed by atoms with van der Waals surface area (Å²) in [6.45, 7) is 6.09. The standard InChI is InChI=1S/C14H20ClFN2O.C2H2O4/c15-13-3-1-4-14(16)12(13)11-17-5-2-6-18-7-9-19-10-8-18;3-1(4)2(5)6/h1,3-4,17H,2,5-11H2;(H,3,4)(H,5,6). The summed E-state index contributed by atoms with van der Waals surface area (Å²) in [5.41, 5.74) is 0.551. The molecule has 9 heteroatoms. The zero-order chi connectivity index (χ0) is 18.7. The summed E-state index contributed by atoms with van der Waals surface area (Å²) >= 11 is 5.96. The number of ether oxygens (including phenoxy) is 1. The number of nitrogens with zero attached hydrogens (tertiary/aromatic N) is 1. The molecule has 7 nitrogen and oxygen atoms in total. The molecular formula is C16H22ClFN2O5. The van der Waals surface area contributed by atoms with E-state index >= 15 is 0 Å². The number of aliphatic carboxylic acids is 2. The van der Waals surface area contributed by atoms with Crippen LogP contribution in [0.25, 0.3) is 0 Å². The van der Waals surface area contributed by atoms with E-state index in [2.05, 4.69) is 10.2 Å². The predicted octanol–water partition coefficient (Wildman–Crippen LogP) is 1.45. The first-order valence-corrected chi connectivity index (χ1v) is 8.19. The van der Waals surface area contributed by atoms with E-state index in [0.29, 0.717) is 17.1 Å². The molecule has 0 atom stereocenters. The van der Waals surface area contributed by atoms with Gasteiger partial charge in [-0.2, -0.15) is 0 Å². The van der Waals surface area contributed by atoms with Crippen molar-refractivity contribution in [1.82, 2.24) is 10.2 Å². The van der Waals surface area contributed by atoms with Crippen LogP contribution in [-0.4, -0.2) is 66.4 Å². The molecule has 0 aliphatic carbocycles. The number of benzene rings is 1. The average molecular weight is 377 g/mol. The van der Waals surface area contributed by atoms with Crippen molar-refractivity contribution < 1.29 is 28.9 Å². The fourth-order valence-electron chi connectivity index (χ4n) is 2.17. The molecule has 0 aromatic heterocycles. The van der Waals surface area contributed by atoms with Crippen molar-refractivity contribution in [1.29, 1.82) is 0 Å². The van der Waals surface area contributed by atoms with Gasteiger partial charge in [-0.15, -0.1) is 0 Å². The molecule has 0 spiro atoms. The van der Waals surface area contributed by atoms with Gasteiger partial charge in [0.25, 0.3) is 0 Å². The third-order valence-electron chi connectivity index (χ3n) is 3.48. The van der Waals surface area contributed by atoms with Crippen LogP contribution in [0.4, 0.5) is 4.39 Å². The van der Waals surface area contributed by atoms with Gasteiger partial charge in [0, 0.05) is 30.2 Å². The highest BCUT2D eigenvalue weighted by Gasteiger charge is 2.09. The summed E-state index contributed by atoms with van der Waals surface area (Å²) in [5, 5.41) is 18.5. The summed E-state index contributed by atoms with van der Waals surface area (Å²) in [5.74, 6) is -3.89. The third kappa shape index (κ3) is 8.78. The maximum atomic E-state index is 13.5. The van der Waals surface area contributed by atoms with Crippen LogP contribution in [-0.2, 0) is 20.9 Å². The molecule has 0 bridgehead atoms. The molecule has 1 aromatic rings. The second-order valence-electron chi connectivity index (χ2n) is 5.29. The number of carboxylic acids is 2. The molecule has 0 amide bonds. The Kier molecular flexibility index (Phi) is 10.0. The highest BCUT2D eigenvalue weighted by atomic mass is 35.5. The third-order valence-corrected chi connectivity index (χ3v) is 3.83. The Balaban J connectivity index is 0.000000450. The lowest BCUT2D eigenvalue weighted by atomic mass is 10.2. The smallest absolute Gasteiger partial charge is 0.414 e. The number of carbonyl (C=O) groups is 2. The van der Waals surface area contributed by atoms with E-state index in [1.54, 1.807) is 12.1 Å². The number of morpholine rings is 1. The molecule has 0 saturated carbocycles. The second kappa shape index (κ2) is 11.8. The predicted molar refractivity (Wildman–Crippen MR) is 90.3 cm³/mol. The number of hydrogen-bond acceptors (Lipinski definition) is 5. The van der Waals surface area contributed by atoms with Crippen molar-refractivity contribution in [2.45, 2.75) is 13.0 Å². The zero-order valence-electron chi connectivity index (χ0n) is 13.7. The lowest BCUT2D eigenvalue weighted by Gasteiger charge is -2.26. The molecule has 3 N–H and O–H groups in total. The molecule has 1 aromatic carbocycles. The van der Waals surface area contributed by atoms with Crippen molar-refractivity contribution in [2.75, 3.05) is 39.4 Å². The minimum atomic E-state index is -1.82. The molecule has 1 heterocycles. The first kappa shape index (κ1) is 21.3. The van der Waals surface area contributed by atoms with E-state index in [1.165, 1.54) is 6.07 Å². The van der Waals surface area contributed by atoms with Crippen molar-refractivity contribution in [3.8, 4) is 0 Å². The second-order valence-corrected chi connectivity index (χ2v) is 5.70. The quantitative estimate of drug-likeness (QED) is 0.510. The van der Waals surface area contributed by atoms with Crippen molar-refractivity contribution in [2.24, 2.45) is 0 Å². The number of nitrogens with one attached hydrogen (secondary N) is 1. The highest BCUT2D eigenvalue weighted by Crippen LogP contribution is 2.18. The van der Waals surface area contributed by atoms with E-state index in [0.717, 1.165) is 45.8 Å². The normalized spacial score (nSPS) is 14.5. The molecule has 1 saturated heterocycles. The van der Waals surface area contributed by atoms with Crippen molar-refractivity contribution in [3.05, 3.63) is 34.6 Å². The van der Waals surface area contributed by atoms with Gasteiger partial charge in [-0.25, -0.2) is 14.0 Å². The Hall–Kier alpha value is -1.74. The number of rotatable bonds is 6. The monoisotopic (exact) mass is 376 g/mol.